The zero-order valence-corrected chi connectivity index (χ0v) is 9.67. The van der Waals surface area contributed by atoms with E-state index >= 15 is 0 Å². The molecular formula is C10H11ClF3N3. The van der Waals surface area contributed by atoms with Crippen molar-refractivity contribution in [2.75, 3.05) is 11.4 Å². The van der Waals surface area contributed by atoms with Crippen molar-refractivity contribution in [2.45, 2.75) is 30.9 Å². The number of halogens is 4. The summed E-state index contributed by atoms with van der Waals surface area (Å²) in [6, 6.07) is -0.0847. The van der Waals surface area contributed by atoms with Crippen molar-refractivity contribution in [2.24, 2.45) is 0 Å². The molecule has 0 N–H and O–H groups in total. The van der Waals surface area contributed by atoms with Crippen molar-refractivity contribution in [1.82, 2.24) is 9.97 Å². The first-order valence-corrected chi connectivity index (χ1v) is 5.73. The highest BCUT2D eigenvalue weighted by Gasteiger charge is 2.39. The van der Waals surface area contributed by atoms with E-state index in [9.17, 15) is 13.2 Å². The standard InChI is InChI=1S/C10H11ClF3N3/c11-3-7-4-15-9(16-5-7)17(8-1-2-8)6-10(12,13)14/h4-5,8H,1-3,6H2. The van der Waals surface area contributed by atoms with Gasteiger partial charge < -0.3 is 4.90 Å². The summed E-state index contributed by atoms with van der Waals surface area (Å²) < 4.78 is 37.2. The van der Waals surface area contributed by atoms with E-state index in [0.717, 1.165) is 12.8 Å². The van der Waals surface area contributed by atoms with E-state index in [0.29, 0.717) is 5.56 Å². The van der Waals surface area contributed by atoms with Gasteiger partial charge in [-0.25, -0.2) is 9.97 Å². The van der Waals surface area contributed by atoms with E-state index < -0.39 is 12.7 Å². The van der Waals surface area contributed by atoms with E-state index in [2.05, 4.69) is 9.97 Å². The molecule has 1 aromatic rings. The zero-order valence-electron chi connectivity index (χ0n) is 8.91. The van der Waals surface area contributed by atoms with Crippen molar-refractivity contribution in [3.05, 3.63) is 18.0 Å². The van der Waals surface area contributed by atoms with Crippen LogP contribution in [0.2, 0.25) is 0 Å². The molecule has 0 aliphatic heterocycles. The van der Waals surface area contributed by atoms with Gasteiger partial charge in [0.25, 0.3) is 0 Å². The molecule has 17 heavy (non-hydrogen) atoms. The Morgan fingerprint density at radius 2 is 1.88 bits per heavy atom. The van der Waals surface area contributed by atoms with Crippen molar-refractivity contribution >= 4 is 17.5 Å². The van der Waals surface area contributed by atoms with Crippen LogP contribution in [0.5, 0.6) is 0 Å². The fourth-order valence-electron chi connectivity index (χ4n) is 1.51. The lowest BCUT2D eigenvalue weighted by molar-refractivity contribution is -0.120. The number of nitrogens with zero attached hydrogens (tertiary/aromatic N) is 3. The number of alkyl halides is 4. The fourth-order valence-corrected chi connectivity index (χ4v) is 1.65. The summed E-state index contributed by atoms with van der Waals surface area (Å²) >= 11 is 5.57. The highest BCUT2D eigenvalue weighted by atomic mass is 35.5. The van der Waals surface area contributed by atoms with Crippen LogP contribution in [-0.2, 0) is 5.88 Å². The first-order valence-electron chi connectivity index (χ1n) is 5.20. The number of aromatic nitrogens is 2. The van der Waals surface area contributed by atoms with Crippen molar-refractivity contribution in [3.8, 4) is 0 Å². The van der Waals surface area contributed by atoms with Crippen molar-refractivity contribution in [1.29, 1.82) is 0 Å². The maximum Gasteiger partial charge on any atom is 0.406 e. The van der Waals surface area contributed by atoms with Gasteiger partial charge in [-0.15, -0.1) is 11.6 Å². The minimum Gasteiger partial charge on any atom is -0.329 e. The maximum absolute atomic E-state index is 12.4. The quantitative estimate of drug-likeness (QED) is 0.784. The third-order valence-corrected chi connectivity index (χ3v) is 2.75. The Bertz CT molecular complexity index is 375. The Kier molecular flexibility index (Phi) is 3.42. The molecule has 1 aliphatic carbocycles. The van der Waals surface area contributed by atoms with Gasteiger partial charge in [-0.3, -0.25) is 0 Å². The van der Waals surface area contributed by atoms with Crippen molar-refractivity contribution in [3.63, 3.8) is 0 Å². The molecule has 0 unspecified atom stereocenters. The van der Waals surface area contributed by atoms with Gasteiger partial charge in [0.15, 0.2) is 0 Å². The Labute approximate surface area is 102 Å². The monoisotopic (exact) mass is 265 g/mol. The SMILES string of the molecule is FC(F)(F)CN(c1ncc(CCl)cn1)C1CC1. The van der Waals surface area contributed by atoms with Gasteiger partial charge in [0.1, 0.15) is 6.54 Å². The Morgan fingerprint density at radius 1 is 1.29 bits per heavy atom. The lowest BCUT2D eigenvalue weighted by Crippen LogP contribution is -2.37. The Balaban J connectivity index is 2.14. The van der Waals surface area contributed by atoms with Crippen LogP contribution in [0.3, 0.4) is 0 Å². The molecule has 3 nitrogen and oxygen atoms in total. The fraction of sp³-hybridized carbons (Fsp3) is 0.600. The second-order valence-corrected chi connectivity index (χ2v) is 4.27. The van der Waals surface area contributed by atoms with Crippen LogP contribution in [0.25, 0.3) is 0 Å². The molecule has 0 bridgehead atoms. The number of anilines is 1. The van der Waals surface area contributed by atoms with Gasteiger partial charge in [0, 0.05) is 24.0 Å². The molecule has 0 spiro atoms. The molecule has 0 amide bonds. The van der Waals surface area contributed by atoms with Crippen molar-refractivity contribution < 1.29 is 13.2 Å². The predicted octanol–water partition coefficient (Wildman–Crippen LogP) is 2.75. The van der Waals surface area contributed by atoms with E-state index in [1.807, 2.05) is 0 Å². The topological polar surface area (TPSA) is 29.0 Å². The van der Waals surface area contributed by atoms with Gasteiger partial charge in [0.05, 0.1) is 5.88 Å². The largest absolute Gasteiger partial charge is 0.406 e. The summed E-state index contributed by atoms with van der Waals surface area (Å²) in [5, 5.41) is 0. The van der Waals surface area contributed by atoms with Crippen LogP contribution < -0.4 is 4.90 Å². The van der Waals surface area contributed by atoms with Crippen LogP contribution >= 0.6 is 11.6 Å². The van der Waals surface area contributed by atoms with E-state index in [4.69, 9.17) is 11.6 Å². The molecule has 2 rings (SSSR count). The maximum atomic E-state index is 12.4. The number of hydrogen-bond donors (Lipinski definition) is 0. The van der Waals surface area contributed by atoms with Gasteiger partial charge in [0.2, 0.25) is 5.95 Å². The minimum absolute atomic E-state index is 0.0847. The molecule has 94 valence electrons. The molecule has 0 radical (unpaired) electrons. The van der Waals surface area contributed by atoms with E-state index in [1.54, 1.807) is 0 Å². The summed E-state index contributed by atoms with van der Waals surface area (Å²) in [6.45, 7) is -1.00. The number of hydrogen-bond acceptors (Lipinski definition) is 3. The average Bonchev–Trinajstić information content (AvgIpc) is 3.09. The normalized spacial score (nSPS) is 16.0. The minimum atomic E-state index is -4.24. The summed E-state index contributed by atoms with van der Waals surface area (Å²) in [5.74, 6) is 0.377. The molecule has 0 atom stereocenters. The summed E-state index contributed by atoms with van der Waals surface area (Å²) in [5.41, 5.74) is 0.693. The average molecular weight is 266 g/mol. The highest BCUT2D eigenvalue weighted by molar-refractivity contribution is 6.17. The van der Waals surface area contributed by atoms with Gasteiger partial charge in [-0.1, -0.05) is 0 Å². The van der Waals surface area contributed by atoms with Crippen LogP contribution in [0.15, 0.2) is 12.4 Å². The van der Waals surface area contributed by atoms with Crippen LogP contribution in [0.1, 0.15) is 18.4 Å². The van der Waals surface area contributed by atoms with Gasteiger partial charge in [-0.05, 0) is 12.8 Å². The summed E-state index contributed by atoms with van der Waals surface area (Å²) in [4.78, 5) is 9.06. The third kappa shape index (κ3) is 3.46. The molecule has 0 saturated heterocycles. The van der Waals surface area contributed by atoms with E-state index in [-0.39, 0.29) is 17.9 Å². The highest BCUT2D eigenvalue weighted by Crippen LogP contribution is 2.32. The van der Waals surface area contributed by atoms with Gasteiger partial charge in [-0.2, -0.15) is 13.2 Å². The zero-order chi connectivity index (χ0) is 12.5. The molecule has 1 fully saturated rings. The van der Waals surface area contributed by atoms with Gasteiger partial charge >= 0.3 is 6.18 Å². The second kappa shape index (κ2) is 4.68. The number of rotatable bonds is 4. The molecule has 1 heterocycles. The smallest absolute Gasteiger partial charge is 0.329 e. The summed E-state index contributed by atoms with van der Waals surface area (Å²) in [6.07, 6.45) is 0.201. The molecule has 1 saturated carbocycles. The second-order valence-electron chi connectivity index (χ2n) is 4.00. The Hall–Kier alpha value is -1.04. The van der Waals surface area contributed by atoms with Crippen LogP contribution in [0.4, 0.5) is 19.1 Å². The first kappa shape index (κ1) is 12.4. The lowest BCUT2D eigenvalue weighted by atomic mass is 10.4. The molecular weight excluding hydrogens is 255 g/mol. The molecule has 1 aromatic heterocycles. The molecule has 7 heteroatoms. The molecule has 0 aromatic carbocycles. The van der Waals surface area contributed by atoms with E-state index in [1.165, 1.54) is 17.3 Å². The van der Waals surface area contributed by atoms with Crippen LogP contribution in [0, 0.1) is 0 Å². The Morgan fingerprint density at radius 3 is 2.29 bits per heavy atom. The van der Waals surface area contributed by atoms with Crippen LogP contribution in [-0.4, -0.2) is 28.7 Å². The first-order chi connectivity index (χ1) is 7.99. The molecule has 1 aliphatic rings. The third-order valence-electron chi connectivity index (χ3n) is 2.44. The predicted molar refractivity (Wildman–Crippen MR) is 58.0 cm³/mol. The lowest BCUT2D eigenvalue weighted by Gasteiger charge is -2.23. The summed E-state index contributed by atoms with van der Waals surface area (Å²) in [7, 11) is 0.